The summed E-state index contributed by atoms with van der Waals surface area (Å²) in [7, 11) is 0. The number of guanidine groups is 1. The molecule has 4 atom stereocenters. The highest BCUT2D eigenvalue weighted by Crippen LogP contribution is 2.58. The number of phenolic OH excluding ortho intramolecular Hbond substituents is 1. The molecule has 0 amide bonds. The molecule has 7 nitrogen and oxygen atoms in total. The fraction of sp³-hybridized carbons (Fsp3) is 0.696. The molecule has 2 bridgehead atoms. The molecule has 1 aromatic carbocycles. The summed E-state index contributed by atoms with van der Waals surface area (Å²) in [4.78, 5) is 2.57. The molecule has 3 fully saturated rings. The lowest BCUT2D eigenvalue weighted by Crippen LogP contribution is -2.74. The fourth-order valence-corrected chi connectivity index (χ4v) is 6.59. The number of aromatic hydroxyl groups is 1. The van der Waals surface area contributed by atoms with Crippen LogP contribution in [0.2, 0.25) is 0 Å². The molecule has 0 unspecified atom stereocenters. The van der Waals surface area contributed by atoms with Gasteiger partial charge < -0.3 is 26.6 Å². The topological polar surface area (TPSA) is 118 Å². The van der Waals surface area contributed by atoms with Crippen molar-refractivity contribution in [3.05, 3.63) is 29.3 Å². The number of nitrogens with two attached hydrogens (primary N) is 1. The highest BCUT2D eigenvalue weighted by molar-refractivity contribution is 5.74. The molecule has 0 spiro atoms. The summed E-state index contributed by atoms with van der Waals surface area (Å²) in [6.45, 7) is 3.49. The van der Waals surface area contributed by atoms with Gasteiger partial charge in [-0.25, -0.2) is 0 Å². The van der Waals surface area contributed by atoms with Crippen molar-refractivity contribution in [1.82, 2.24) is 15.5 Å². The quantitative estimate of drug-likeness (QED) is 0.236. The van der Waals surface area contributed by atoms with Gasteiger partial charge >= 0.3 is 0 Å². The van der Waals surface area contributed by atoms with Crippen LogP contribution in [-0.4, -0.2) is 64.9 Å². The van der Waals surface area contributed by atoms with E-state index in [0.717, 1.165) is 57.7 Å². The van der Waals surface area contributed by atoms with Gasteiger partial charge in [0.05, 0.1) is 5.60 Å². The van der Waals surface area contributed by atoms with E-state index in [1.807, 2.05) is 6.07 Å². The summed E-state index contributed by atoms with van der Waals surface area (Å²) in [5.74, 6) is 1.10. The van der Waals surface area contributed by atoms with Gasteiger partial charge in [-0.05, 0) is 80.7 Å². The largest absolute Gasteiger partial charge is 0.508 e. The summed E-state index contributed by atoms with van der Waals surface area (Å²) >= 11 is 0. The van der Waals surface area contributed by atoms with Gasteiger partial charge in [-0.15, -0.1) is 0 Å². The number of hydrogen-bond acceptors (Lipinski definition) is 5. The Labute approximate surface area is 178 Å². The summed E-state index contributed by atoms with van der Waals surface area (Å²) in [6.07, 6.45) is 7.14. The fourth-order valence-electron chi connectivity index (χ4n) is 6.59. The van der Waals surface area contributed by atoms with Gasteiger partial charge in [0, 0.05) is 37.1 Å². The molecule has 7 heteroatoms. The molecule has 3 aliphatic carbocycles. The molecule has 0 radical (unpaired) electrons. The predicted octanol–water partition coefficient (Wildman–Crippen LogP) is 1.03. The molecule has 1 aliphatic heterocycles. The Balaban J connectivity index is 1.43. The molecule has 1 aromatic rings. The number of benzene rings is 1. The van der Waals surface area contributed by atoms with Gasteiger partial charge in [0.2, 0.25) is 0 Å². The summed E-state index contributed by atoms with van der Waals surface area (Å²) in [5.41, 5.74) is 6.82. The van der Waals surface area contributed by atoms with Gasteiger partial charge in [0.1, 0.15) is 5.75 Å². The number of phenols is 1. The van der Waals surface area contributed by atoms with Gasteiger partial charge in [0.15, 0.2) is 5.96 Å². The molecular formula is C23H35N5O2. The number of piperidine rings is 1. The van der Waals surface area contributed by atoms with E-state index < -0.39 is 5.60 Å². The number of aliphatic hydroxyl groups is 1. The van der Waals surface area contributed by atoms with Crippen molar-refractivity contribution < 1.29 is 10.2 Å². The van der Waals surface area contributed by atoms with E-state index in [4.69, 9.17) is 11.1 Å². The minimum absolute atomic E-state index is 0.00743. The number of likely N-dealkylation sites (tertiary alicyclic amines) is 1. The van der Waals surface area contributed by atoms with E-state index in [2.05, 4.69) is 21.6 Å². The second-order valence-electron chi connectivity index (χ2n) is 9.99. The van der Waals surface area contributed by atoms with Crippen LogP contribution in [0.1, 0.15) is 49.7 Å². The van der Waals surface area contributed by atoms with Crippen LogP contribution in [-0.2, 0) is 11.8 Å². The molecule has 7 N–H and O–H groups in total. The third-order valence-electron chi connectivity index (χ3n) is 8.21. The van der Waals surface area contributed by atoms with E-state index in [1.165, 1.54) is 24.0 Å². The molecular weight excluding hydrogens is 378 g/mol. The van der Waals surface area contributed by atoms with Crippen molar-refractivity contribution in [3.8, 4) is 5.75 Å². The lowest BCUT2D eigenvalue weighted by molar-refractivity contribution is -0.171. The molecule has 0 aromatic heterocycles. The van der Waals surface area contributed by atoms with Crippen LogP contribution < -0.4 is 16.4 Å². The normalized spacial score (nSPS) is 35.4. The van der Waals surface area contributed by atoms with Crippen molar-refractivity contribution in [2.45, 2.75) is 68.0 Å². The Morgan fingerprint density at radius 2 is 2.07 bits per heavy atom. The molecule has 30 heavy (non-hydrogen) atoms. The summed E-state index contributed by atoms with van der Waals surface area (Å²) < 4.78 is 0. The van der Waals surface area contributed by atoms with Crippen molar-refractivity contribution in [2.24, 2.45) is 11.7 Å². The minimum Gasteiger partial charge on any atom is -0.508 e. The van der Waals surface area contributed by atoms with Crippen LogP contribution in [0, 0.1) is 11.3 Å². The maximum absolute atomic E-state index is 12.4. The van der Waals surface area contributed by atoms with Gasteiger partial charge in [-0.3, -0.25) is 10.3 Å². The van der Waals surface area contributed by atoms with E-state index in [-0.39, 0.29) is 23.5 Å². The van der Waals surface area contributed by atoms with Crippen LogP contribution >= 0.6 is 0 Å². The van der Waals surface area contributed by atoms with Gasteiger partial charge in [-0.2, -0.15) is 0 Å². The zero-order valence-electron chi connectivity index (χ0n) is 17.7. The Morgan fingerprint density at radius 3 is 2.83 bits per heavy atom. The second kappa shape index (κ2) is 7.39. The number of fused-ring (bicyclic) bond motifs is 1. The Kier molecular flexibility index (Phi) is 4.95. The van der Waals surface area contributed by atoms with Crippen molar-refractivity contribution >= 4 is 5.96 Å². The number of nitrogens with one attached hydrogen (secondary N) is 3. The maximum Gasteiger partial charge on any atom is 0.185 e. The molecule has 4 aliphatic rings. The number of nitrogens with zero attached hydrogens (tertiary/aromatic N) is 1. The smallest absolute Gasteiger partial charge is 0.185 e. The number of hydrogen-bond donors (Lipinski definition) is 6. The third kappa shape index (κ3) is 3.27. The van der Waals surface area contributed by atoms with Crippen molar-refractivity contribution in [3.63, 3.8) is 0 Å². The summed E-state index contributed by atoms with van der Waals surface area (Å²) in [6, 6.07) is 6.20. The van der Waals surface area contributed by atoms with Crippen molar-refractivity contribution in [1.29, 1.82) is 5.41 Å². The van der Waals surface area contributed by atoms with Crippen molar-refractivity contribution in [2.75, 3.05) is 26.2 Å². The standard InChI is InChI=1S/C23H35N5O2/c24-21(25)27-9-8-26-17-5-6-22-7-10-28(14-15-1-2-15)20(23(22,30)13-17)11-16-3-4-18(29)12-19(16)22/h3-4,12,15,17,20,26,29-30H,1-2,5-11,13-14H2,(H4,24,25,27)/t17-,20+,22-,23+/m0/s1. The zero-order valence-corrected chi connectivity index (χ0v) is 17.7. The first-order valence-electron chi connectivity index (χ1n) is 11.5. The average Bonchev–Trinajstić information content (AvgIpc) is 3.51. The maximum atomic E-state index is 12.4. The highest BCUT2D eigenvalue weighted by atomic mass is 16.3. The second-order valence-corrected chi connectivity index (χ2v) is 9.99. The lowest BCUT2D eigenvalue weighted by atomic mass is 9.49. The highest BCUT2D eigenvalue weighted by Gasteiger charge is 2.64. The molecule has 2 saturated carbocycles. The minimum atomic E-state index is -0.787. The Hall–Kier alpha value is -1.83. The average molecular weight is 414 g/mol. The monoisotopic (exact) mass is 413 g/mol. The van der Waals surface area contributed by atoms with Crippen LogP contribution in [0.3, 0.4) is 0 Å². The lowest BCUT2D eigenvalue weighted by Gasteiger charge is -2.65. The first-order chi connectivity index (χ1) is 14.4. The predicted molar refractivity (Wildman–Crippen MR) is 117 cm³/mol. The third-order valence-corrected chi connectivity index (χ3v) is 8.21. The SMILES string of the molecule is N=C(N)NCCN[C@H]1CC[C@]23CCN(CC4CC4)[C@H](Cc4ccc(O)cc42)[C@]3(O)C1. The number of rotatable bonds is 6. The first-order valence-corrected chi connectivity index (χ1v) is 11.5. The van der Waals surface area contributed by atoms with E-state index in [1.54, 1.807) is 6.07 Å². The van der Waals surface area contributed by atoms with Gasteiger partial charge in [-0.1, -0.05) is 6.07 Å². The van der Waals surface area contributed by atoms with Crippen LogP contribution in [0.25, 0.3) is 0 Å². The van der Waals surface area contributed by atoms with Crippen LogP contribution in [0.15, 0.2) is 18.2 Å². The van der Waals surface area contributed by atoms with Crippen LogP contribution in [0.4, 0.5) is 0 Å². The Morgan fingerprint density at radius 1 is 1.23 bits per heavy atom. The molecule has 5 rings (SSSR count). The first kappa shape index (κ1) is 20.1. The molecule has 1 heterocycles. The Bertz CT molecular complexity index is 828. The molecule has 164 valence electrons. The van der Waals surface area contributed by atoms with E-state index in [0.29, 0.717) is 12.3 Å². The van der Waals surface area contributed by atoms with Crippen LogP contribution in [0.5, 0.6) is 5.75 Å². The zero-order chi connectivity index (χ0) is 20.9. The van der Waals surface area contributed by atoms with Gasteiger partial charge in [0.25, 0.3) is 0 Å². The van der Waals surface area contributed by atoms with E-state index in [9.17, 15) is 10.2 Å². The molecule has 1 saturated heterocycles. The van der Waals surface area contributed by atoms with E-state index >= 15 is 0 Å². The summed E-state index contributed by atoms with van der Waals surface area (Å²) in [5, 5.41) is 36.3.